The maximum Gasteiger partial charge on any atom is 0.350 e. The number of hydrogen-bond acceptors (Lipinski definition) is 5. The molecular formula is C12H26N3O6P. The lowest BCUT2D eigenvalue weighted by Gasteiger charge is -2.20. The molecule has 9 nitrogen and oxygen atoms in total. The van der Waals surface area contributed by atoms with E-state index in [1.54, 1.807) is 14.1 Å². The molecule has 0 spiro atoms. The van der Waals surface area contributed by atoms with Gasteiger partial charge in [-0.15, -0.1) is 0 Å². The molecular weight excluding hydrogens is 313 g/mol. The number of nitrogens with zero attached hydrogens (tertiary/aromatic N) is 2. The molecule has 0 aromatic heterocycles. The highest BCUT2D eigenvalue weighted by Crippen LogP contribution is 2.34. The van der Waals surface area contributed by atoms with E-state index in [1.807, 2.05) is 13.8 Å². The summed E-state index contributed by atoms with van der Waals surface area (Å²) in [5, 5.41) is 11.8. The van der Waals surface area contributed by atoms with E-state index < -0.39 is 26.7 Å². The van der Waals surface area contributed by atoms with Gasteiger partial charge >= 0.3 is 7.60 Å². The van der Waals surface area contributed by atoms with Crippen molar-refractivity contribution >= 4 is 19.8 Å². The Labute approximate surface area is 130 Å². The first-order chi connectivity index (χ1) is 10.4. The van der Waals surface area contributed by atoms with Crippen molar-refractivity contribution in [2.75, 3.05) is 33.6 Å². The second kappa shape index (κ2) is 13.4. The van der Waals surface area contributed by atoms with Crippen molar-refractivity contribution < 1.29 is 29.0 Å². The van der Waals surface area contributed by atoms with Crippen molar-refractivity contribution in [2.24, 2.45) is 4.99 Å². The van der Waals surface area contributed by atoms with E-state index in [4.69, 9.17) is 19.6 Å². The number of aliphatic hydroxyl groups excluding tert-OH is 1. The van der Waals surface area contributed by atoms with Gasteiger partial charge in [0.15, 0.2) is 0 Å². The third-order valence-electron chi connectivity index (χ3n) is 2.15. The van der Waals surface area contributed by atoms with Gasteiger partial charge in [0.2, 0.25) is 6.41 Å². The number of carbonyl (C=O) groups excluding carboxylic acids is 1. The standard InChI is InChI=1S/C10H20N3O6P.C2H6/c1-11-10(12-2)3-4-13(7-15)5-9(6-14)19-8-20(16,17)18;1-2/h3-4,7,9,14H,5-6,8H2,1-2H3,(H,11,12)(H2,16,17,18);1-2H3/b4-3-;. The first kappa shape index (κ1) is 23.0. The van der Waals surface area contributed by atoms with Crippen molar-refractivity contribution in [3.05, 3.63) is 12.3 Å². The average molecular weight is 339 g/mol. The minimum absolute atomic E-state index is 0.0444. The van der Waals surface area contributed by atoms with Crippen LogP contribution in [0.3, 0.4) is 0 Å². The van der Waals surface area contributed by atoms with Crippen LogP contribution in [0.5, 0.6) is 0 Å². The highest BCUT2D eigenvalue weighted by atomic mass is 31.2. The normalized spacial score (nSPS) is 13.3. The fourth-order valence-corrected chi connectivity index (χ4v) is 1.58. The molecule has 0 heterocycles. The summed E-state index contributed by atoms with van der Waals surface area (Å²) in [6, 6.07) is 0. The van der Waals surface area contributed by atoms with Crippen molar-refractivity contribution in [3.63, 3.8) is 0 Å². The number of aliphatic imine (C=N–C) groups is 1. The van der Waals surface area contributed by atoms with Gasteiger partial charge in [0.25, 0.3) is 0 Å². The summed E-state index contributed by atoms with van der Waals surface area (Å²) in [4.78, 5) is 33.3. The first-order valence-electron chi connectivity index (χ1n) is 6.67. The predicted molar refractivity (Wildman–Crippen MR) is 84.5 cm³/mol. The Morgan fingerprint density at radius 2 is 2.05 bits per heavy atom. The second-order valence-electron chi connectivity index (χ2n) is 3.74. The molecule has 0 bridgehead atoms. The van der Waals surface area contributed by atoms with E-state index in [9.17, 15) is 9.36 Å². The summed E-state index contributed by atoms with van der Waals surface area (Å²) < 4.78 is 15.5. The maximum atomic E-state index is 10.9. The molecule has 0 fully saturated rings. The van der Waals surface area contributed by atoms with Crippen LogP contribution in [-0.4, -0.2) is 71.7 Å². The van der Waals surface area contributed by atoms with Crippen LogP contribution < -0.4 is 5.32 Å². The number of ether oxygens (including phenoxy) is 1. The Morgan fingerprint density at radius 3 is 2.41 bits per heavy atom. The third-order valence-corrected chi connectivity index (χ3v) is 2.64. The van der Waals surface area contributed by atoms with Crippen LogP contribution in [0.1, 0.15) is 13.8 Å². The molecule has 0 saturated heterocycles. The highest BCUT2D eigenvalue weighted by molar-refractivity contribution is 7.51. The molecule has 0 aliphatic carbocycles. The fraction of sp³-hybridized carbons (Fsp3) is 0.667. The smallest absolute Gasteiger partial charge is 0.350 e. The lowest BCUT2D eigenvalue weighted by Crippen LogP contribution is -2.33. The zero-order chi connectivity index (χ0) is 17.6. The minimum atomic E-state index is -4.31. The van der Waals surface area contributed by atoms with Crippen LogP contribution in [0.4, 0.5) is 0 Å². The van der Waals surface area contributed by atoms with Gasteiger partial charge in [-0.2, -0.15) is 0 Å². The number of carbonyl (C=O) groups is 1. The Morgan fingerprint density at radius 1 is 1.45 bits per heavy atom. The molecule has 1 atom stereocenters. The van der Waals surface area contributed by atoms with Gasteiger partial charge in [-0.05, 0) is 6.08 Å². The Kier molecular flexibility index (Phi) is 14.0. The number of amides is 1. The third kappa shape index (κ3) is 12.5. The Hall–Kier alpha value is -1.25. The average Bonchev–Trinajstić information content (AvgIpc) is 2.51. The monoisotopic (exact) mass is 339 g/mol. The molecule has 1 amide bonds. The van der Waals surface area contributed by atoms with Gasteiger partial charge in [0.05, 0.1) is 19.3 Å². The SMILES string of the molecule is CC.CN=C(/C=C\N(C=O)CC(CO)OCP(=O)(O)O)NC. The summed E-state index contributed by atoms with van der Waals surface area (Å²) in [7, 11) is -1.08. The molecule has 1 unspecified atom stereocenters. The molecule has 0 aliphatic rings. The molecule has 0 aromatic rings. The van der Waals surface area contributed by atoms with Gasteiger partial charge in [-0.25, -0.2) is 0 Å². The Balaban J connectivity index is 0. The van der Waals surface area contributed by atoms with Gasteiger partial charge in [-0.1, -0.05) is 13.8 Å². The van der Waals surface area contributed by atoms with Gasteiger partial charge in [0, 0.05) is 20.3 Å². The number of hydrogen-bond donors (Lipinski definition) is 4. The lowest BCUT2D eigenvalue weighted by atomic mass is 10.3. The zero-order valence-electron chi connectivity index (χ0n) is 13.3. The summed E-state index contributed by atoms with van der Waals surface area (Å²) in [6.45, 7) is 3.48. The largest absolute Gasteiger partial charge is 0.394 e. The molecule has 0 radical (unpaired) electrons. The topological polar surface area (TPSA) is 132 Å². The van der Waals surface area contributed by atoms with Gasteiger partial charge in [-0.3, -0.25) is 14.4 Å². The Bertz CT molecular complexity index is 396. The molecule has 130 valence electrons. The number of likely N-dealkylation sites (N-methyl/N-ethyl adjacent to an activating group) is 1. The second-order valence-corrected chi connectivity index (χ2v) is 5.33. The van der Waals surface area contributed by atoms with Crippen LogP contribution in [0, 0.1) is 0 Å². The summed E-state index contributed by atoms with van der Waals surface area (Å²) in [5.74, 6) is 0.536. The van der Waals surface area contributed by atoms with Crippen LogP contribution in [0.25, 0.3) is 0 Å². The molecule has 0 aliphatic heterocycles. The quantitative estimate of drug-likeness (QED) is 0.197. The number of aliphatic hydroxyl groups is 1. The zero-order valence-corrected chi connectivity index (χ0v) is 14.2. The van der Waals surface area contributed by atoms with E-state index in [0.29, 0.717) is 12.2 Å². The molecule has 22 heavy (non-hydrogen) atoms. The van der Waals surface area contributed by atoms with Crippen molar-refractivity contribution in [2.45, 2.75) is 20.0 Å². The van der Waals surface area contributed by atoms with Gasteiger partial charge < -0.3 is 29.8 Å². The highest BCUT2D eigenvalue weighted by Gasteiger charge is 2.18. The number of nitrogens with one attached hydrogen (secondary N) is 1. The minimum Gasteiger partial charge on any atom is -0.394 e. The van der Waals surface area contributed by atoms with E-state index in [2.05, 4.69) is 10.3 Å². The van der Waals surface area contributed by atoms with E-state index in [-0.39, 0.29) is 6.54 Å². The van der Waals surface area contributed by atoms with E-state index >= 15 is 0 Å². The summed E-state index contributed by atoms with van der Waals surface area (Å²) in [6.07, 6.45) is 1.74. The van der Waals surface area contributed by atoms with Crippen molar-refractivity contribution in [3.8, 4) is 0 Å². The molecule has 0 saturated carbocycles. The van der Waals surface area contributed by atoms with E-state index in [1.165, 1.54) is 17.2 Å². The van der Waals surface area contributed by atoms with Crippen LogP contribution in [0.15, 0.2) is 17.3 Å². The molecule has 4 N–H and O–H groups in total. The van der Waals surface area contributed by atoms with E-state index in [0.717, 1.165) is 0 Å². The van der Waals surface area contributed by atoms with Gasteiger partial charge in [0.1, 0.15) is 12.2 Å². The predicted octanol–water partition coefficient (Wildman–Crippen LogP) is -0.255. The fourth-order valence-electron chi connectivity index (χ4n) is 1.18. The van der Waals surface area contributed by atoms with Crippen LogP contribution in [-0.2, 0) is 14.1 Å². The summed E-state index contributed by atoms with van der Waals surface area (Å²) >= 11 is 0. The van der Waals surface area contributed by atoms with Crippen LogP contribution in [0.2, 0.25) is 0 Å². The molecule has 0 rings (SSSR count). The molecule has 0 aromatic carbocycles. The lowest BCUT2D eigenvalue weighted by molar-refractivity contribution is -0.117. The van der Waals surface area contributed by atoms with Crippen LogP contribution >= 0.6 is 7.60 Å². The number of amidine groups is 1. The maximum absolute atomic E-state index is 10.9. The number of rotatable bonds is 9. The first-order valence-corrected chi connectivity index (χ1v) is 8.46. The molecule has 10 heteroatoms. The van der Waals surface area contributed by atoms with Crippen molar-refractivity contribution in [1.82, 2.24) is 10.2 Å². The van der Waals surface area contributed by atoms with Crippen molar-refractivity contribution in [1.29, 1.82) is 0 Å². The summed E-state index contributed by atoms with van der Waals surface area (Å²) in [5.41, 5.74) is 0.